The van der Waals surface area contributed by atoms with E-state index >= 15 is 0 Å². The fourth-order valence-corrected chi connectivity index (χ4v) is 1.50. The van der Waals surface area contributed by atoms with Crippen molar-refractivity contribution in [3.8, 4) is 11.8 Å². The van der Waals surface area contributed by atoms with Gasteiger partial charge in [-0.1, -0.05) is 0 Å². The van der Waals surface area contributed by atoms with Crippen LogP contribution in [0, 0.1) is 21.4 Å². The van der Waals surface area contributed by atoms with Crippen molar-refractivity contribution in [3.63, 3.8) is 0 Å². The summed E-state index contributed by atoms with van der Waals surface area (Å²) >= 11 is 0. The van der Waals surface area contributed by atoms with Gasteiger partial charge >= 0.3 is 11.7 Å². The van der Waals surface area contributed by atoms with Crippen LogP contribution in [0.4, 0.5) is 5.69 Å². The number of ether oxygens (including phenoxy) is 2. The van der Waals surface area contributed by atoms with Crippen molar-refractivity contribution in [1.82, 2.24) is 4.98 Å². The summed E-state index contributed by atoms with van der Waals surface area (Å²) in [7, 11) is 1.25. The van der Waals surface area contributed by atoms with Crippen molar-refractivity contribution in [2.45, 2.75) is 32.3 Å². The lowest BCUT2D eigenvalue weighted by Crippen LogP contribution is -2.27. The molecule has 0 fully saturated rings. The predicted molar refractivity (Wildman–Crippen MR) is 71.6 cm³/mol. The number of carbonyl (C=O) groups excluding carboxylic acids is 1. The summed E-state index contributed by atoms with van der Waals surface area (Å²) in [5.41, 5.74) is -1.06. The molecule has 1 aromatic heterocycles. The standard InChI is InChI=1S/C13H15N3O5/c1-13(2,3)21-12(17)8(6-14)9-5-11(20-4)10(7-15-9)16(18)19/h5,7-8H,1-4H3. The molecule has 112 valence electrons. The highest BCUT2D eigenvalue weighted by molar-refractivity contribution is 5.81. The Labute approximate surface area is 121 Å². The minimum absolute atomic E-state index is 0.0363. The second-order valence-electron chi connectivity index (χ2n) is 5.13. The molecule has 1 heterocycles. The molecule has 1 unspecified atom stereocenters. The summed E-state index contributed by atoms with van der Waals surface area (Å²) in [6.07, 6.45) is 0.947. The summed E-state index contributed by atoms with van der Waals surface area (Å²) in [4.78, 5) is 25.9. The van der Waals surface area contributed by atoms with Crippen molar-refractivity contribution < 1.29 is 19.2 Å². The molecule has 0 saturated carbocycles. The Morgan fingerprint density at radius 3 is 2.57 bits per heavy atom. The van der Waals surface area contributed by atoms with Crippen LogP contribution in [-0.2, 0) is 9.53 Å². The fourth-order valence-electron chi connectivity index (χ4n) is 1.50. The number of aromatic nitrogens is 1. The minimum Gasteiger partial charge on any atom is -0.490 e. The van der Waals surface area contributed by atoms with Crippen LogP contribution in [0.2, 0.25) is 0 Å². The minimum atomic E-state index is -1.28. The summed E-state index contributed by atoms with van der Waals surface area (Å²) in [5.74, 6) is -2.12. The molecule has 1 atom stereocenters. The number of pyridine rings is 1. The molecule has 0 aliphatic heterocycles. The van der Waals surface area contributed by atoms with E-state index in [-0.39, 0.29) is 17.1 Å². The molecule has 0 aromatic carbocycles. The van der Waals surface area contributed by atoms with E-state index in [9.17, 15) is 14.9 Å². The third-order valence-electron chi connectivity index (χ3n) is 2.35. The van der Waals surface area contributed by atoms with Gasteiger partial charge in [0.1, 0.15) is 11.8 Å². The number of rotatable bonds is 4. The van der Waals surface area contributed by atoms with E-state index in [1.165, 1.54) is 13.2 Å². The third-order valence-corrected chi connectivity index (χ3v) is 2.35. The second-order valence-corrected chi connectivity index (χ2v) is 5.13. The van der Waals surface area contributed by atoms with Gasteiger partial charge in [-0.25, -0.2) is 0 Å². The van der Waals surface area contributed by atoms with Crippen LogP contribution in [0.15, 0.2) is 12.3 Å². The number of nitriles is 1. The molecular weight excluding hydrogens is 278 g/mol. The molecule has 0 aliphatic rings. The molecule has 8 nitrogen and oxygen atoms in total. The van der Waals surface area contributed by atoms with Crippen molar-refractivity contribution in [2.75, 3.05) is 7.11 Å². The molecule has 0 aliphatic carbocycles. The summed E-state index contributed by atoms with van der Waals surface area (Å²) in [5, 5.41) is 19.9. The molecule has 0 N–H and O–H groups in total. The van der Waals surface area contributed by atoms with E-state index in [1.54, 1.807) is 26.8 Å². The summed E-state index contributed by atoms with van der Waals surface area (Å²) in [6.45, 7) is 5.01. The molecule has 0 bridgehead atoms. The molecule has 1 aromatic rings. The number of hydrogen-bond donors (Lipinski definition) is 0. The normalized spacial score (nSPS) is 12.1. The number of esters is 1. The van der Waals surface area contributed by atoms with E-state index in [1.807, 2.05) is 0 Å². The first-order valence-corrected chi connectivity index (χ1v) is 6.00. The molecule has 0 amide bonds. The van der Waals surface area contributed by atoms with E-state index in [0.29, 0.717) is 0 Å². The van der Waals surface area contributed by atoms with Crippen molar-refractivity contribution >= 4 is 11.7 Å². The molecule has 8 heteroatoms. The van der Waals surface area contributed by atoms with Gasteiger partial charge in [0.15, 0.2) is 11.7 Å². The van der Waals surface area contributed by atoms with Crippen molar-refractivity contribution in [2.24, 2.45) is 0 Å². The van der Waals surface area contributed by atoms with Crippen LogP contribution in [0.25, 0.3) is 0 Å². The predicted octanol–water partition coefficient (Wildman–Crippen LogP) is 1.95. The van der Waals surface area contributed by atoms with Crippen LogP contribution in [0.1, 0.15) is 32.4 Å². The zero-order valence-electron chi connectivity index (χ0n) is 12.1. The number of nitrogens with zero attached hydrogens (tertiary/aromatic N) is 3. The first-order valence-electron chi connectivity index (χ1n) is 6.00. The SMILES string of the molecule is COc1cc(C(C#N)C(=O)OC(C)(C)C)ncc1[N+](=O)[O-]. The Balaban J connectivity index is 3.16. The number of nitro groups is 1. The van der Waals surface area contributed by atoms with Crippen LogP contribution >= 0.6 is 0 Å². The number of carbonyl (C=O) groups is 1. The van der Waals surface area contributed by atoms with Gasteiger partial charge < -0.3 is 9.47 Å². The first-order chi connectivity index (χ1) is 9.69. The van der Waals surface area contributed by atoms with Crippen LogP contribution in [0.3, 0.4) is 0 Å². The maximum atomic E-state index is 11.9. The molecule has 0 spiro atoms. The highest BCUT2D eigenvalue weighted by atomic mass is 16.6. The van der Waals surface area contributed by atoms with Gasteiger partial charge in [0.2, 0.25) is 0 Å². The second kappa shape index (κ2) is 6.17. The van der Waals surface area contributed by atoms with Gasteiger partial charge in [-0.15, -0.1) is 0 Å². The molecule has 21 heavy (non-hydrogen) atoms. The number of hydrogen-bond acceptors (Lipinski definition) is 7. The molecular formula is C13H15N3O5. The van der Waals surface area contributed by atoms with Gasteiger partial charge in [0, 0.05) is 6.07 Å². The van der Waals surface area contributed by atoms with E-state index in [2.05, 4.69) is 4.98 Å². The largest absolute Gasteiger partial charge is 0.490 e. The molecule has 1 rings (SSSR count). The highest BCUT2D eigenvalue weighted by Crippen LogP contribution is 2.29. The van der Waals surface area contributed by atoms with Crippen LogP contribution in [0.5, 0.6) is 5.75 Å². The summed E-state index contributed by atoms with van der Waals surface area (Å²) < 4.78 is 10.00. The smallest absolute Gasteiger partial charge is 0.330 e. The van der Waals surface area contributed by atoms with Crippen LogP contribution < -0.4 is 4.74 Å². The first kappa shape index (κ1) is 16.4. The van der Waals surface area contributed by atoms with Gasteiger partial charge in [-0.2, -0.15) is 5.26 Å². The van der Waals surface area contributed by atoms with E-state index < -0.39 is 22.4 Å². The Morgan fingerprint density at radius 2 is 2.14 bits per heavy atom. The molecule has 0 radical (unpaired) electrons. The lowest BCUT2D eigenvalue weighted by atomic mass is 10.1. The lowest BCUT2D eigenvalue weighted by Gasteiger charge is -2.21. The topological polar surface area (TPSA) is 115 Å². The Kier molecular flexibility index (Phi) is 4.81. The maximum Gasteiger partial charge on any atom is 0.330 e. The average molecular weight is 293 g/mol. The zero-order valence-corrected chi connectivity index (χ0v) is 12.1. The monoisotopic (exact) mass is 293 g/mol. The third kappa shape index (κ3) is 4.14. The van der Waals surface area contributed by atoms with E-state index in [0.717, 1.165) is 6.20 Å². The lowest BCUT2D eigenvalue weighted by molar-refractivity contribution is -0.386. The number of methoxy groups -OCH3 is 1. The Morgan fingerprint density at radius 1 is 1.52 bits per heavy atom. The Bertz CT molecular complexity index is 601. The Hall–Kier alpha value is -2.69. The van der Waals surface area contributed by atoms with Gasteiger partial charge in [-0.3, -0.25) is 19.9 Å². The fraction of sp³-hybridized carbons (Fsp3) is 0.462. The van der Waals surface area contributed by atoms with Crippen molar-refractivity contribution in [1.29, 1.82) is 5.26 Å². The van der Waals surface area contributed by atoms with E-state index in [4.69, 9.17) is 14.7 Å². The average Bonchev–Trinajstić information content (AvgIpc) is 2.36. The van der Waals surface area contributed by atoms with Gasteiger partial charge in [0.05, 0.1) is 23.8 Å². The van der Waals surface area contributed by atoms with Gasteiger partial charge in [-0.05, 0) is 20.8 Å². The quantitative estimate of drug-likeness (QED) is 0.473. The zero-order chi connectivity index (χ0) is 16.2. The van der Waals surface area contributed by atoms with Crippen molar-refractivity contribution in [3.05, 3.63) is 28.1 Å². The maximum absolute atomic E-state index is 11.9. The highest BCUT2D eigenvalue weighted by Gasteiger charge is 2.29. The summed E-state index contributed by atoms with van der Waals surface area (Å²) in [6, 6.07) is 2.97. The van der Waals surface area contributed by atoms with Gasteiger partial charge in [0.25, 0.3) is 0 Å². The van der Waals surface area contributed by atoms with Crippen LogP contribution in [-0.4, -0.2) is 28.6 Å². The molecule has 0 saturated heterocycles.